The molecule has 0 saturated carbocycles. The van der Waals surface area contributed by atoms with Gasteiger partial charge in [-0.05, 0) is 19.3 Å². The Hall–Kier alpha value is -1.16. The minimum Gasteiger partial charge on any atom is -0.377 e. The summed E-state index contributed by atoms with van der Waals surface area (Å²) in [5.41, 5.74) is 0.729. The van der Waals surface area contributed by atoms with Crippen LogP contribution in [0.5, 0.6) is 0 Å². The van der Waals surface area contributed by atoms with E-state index in [2.05, 4.69) is 18.9 Å². The highest BCUT2D eigenvalue weighted by atomic mass is 16.5. The Balaban J connectivity index is 2.07. The summed E-state index contributed by atoms with van der Waals surface area (Å²) in [5, 5.41) is 4.20. The molecule has 1 aliphatic heterocycles. The summed E-state index contributed by atoms with van der Waals surface area (Å²) < 4.78 is 7.40. The number of hydrogen-bond donors (Lipinski definition) is 0. The van der Waals surface area contributed by atoms with Crippen molar-refractivity contribution >= 4 is 5.78 Å². The van der Waals surface area contributed by atoms with Gasteiger partial charge in [-0.1, -0.05) is 13.8 Å². The van der Waals surface area contributed by atoms with Crippen LogP contribution < -0.4 is 0 Å². The van der Waals surface area contributed by atoms with Crippen LogP contribution in [0.4, 0.5) is 0 Å². The highest BCUT2D eigenvalue weighted by Crippen LogP contribution is 2.26. The van der Waals surface area contributed by atoms with E-state index in [4.69, 9.17) is 4.74 Å². The first-order valence-corrected chi connectivity index (χ1v) is 6.44. The molecule has 17 heavy (non-hydrogen) atoms. The second-order valence-electron chi connectivity index (χ2n) is 4.57. The number of Topliss-reactive ketones (excluding diaryl/α,β-unsaturated/α-hetero) is 1. The number of ketones is 1. The molecule has 1 saturated heterocycles. The SMILES string of the molecule is CCCn1cc(C(=O)C2CCOC2CC)cn1. The third-order valence-electron chi connectivity index (χ3n) is 3.32. The van der Waals surface area contributed by atoms with Crippen LogP contribution in [0.15, 0.2) is 12.4 Å². The van der Waals surface area contributed by atoms with Crippen molar-refractivity contribution in [1.82, 2.24) is 9.78 Å². The molecule has 0 aromatic carbocycles. The van der Waals surface area contributed by atoms with Crippen molar-refractivity contribution in [2.45, 2.75) is 45.8 Å². The highest BCUT2D eigenvalue weighted by molar-refractivity contribution is 5.97. The monoisotopic (exact) mass is 236 g/mol. The summed E-state index contributed by atoms with van der Waals surface area (Å²) >= 11 is 0. The number of rotatable bonds is 5. The summed E-state index contributed by atoms with van der Waals surface area (Å²) in [7, 11) is 0. The molecule has 1 aromatic rings. The van der Waals surface area contributed by atoms with Gasteiger partial charge in [0.1, 0.15) is 0 Å². The summed E-state index contributed by atoms with van der Waals surface area (Å²) in [5.74, 6) is 0.218. The van der Waals surface area contributed by atoms with E-state index in [9.17, 15) is 4.79 Å². The first-order chi connectivity index (χ1) is 8.26. The third-order valence-corrected chi connectivity index (χ3v) is 3.32. The van der Waals surface area contributed by atoms with Crippen molar-refractivity contribution in [2.75, 3.05) is 6.61 Å². The number of aryl methyl sites for hydroxylation is 1. The normalized spacial score (nSPS) is 24.1. The fraction of sp³-hybridized carbons (Fsp3) is 0.692. The maximum atomic E-state index is 12.3. The van der Waals surface area contributed by atoms with Gasteiger partial charge in [0.15, 0.2) is 5.78 Å². The van der Waals surface area contributed by atoms with Crippen molar-refractivity contribution in [1.29, 1.82) is 0 Å². The van der Waals surface area contributed by atoms with Gasteiger partial charge < -0.3 is 4.74 Å². The Bertz CT molecular complexity index is 387. The maximum Gasteiger partial charge on any atom is 0.171 e. The molecule has 0 radical (unpaired) electrons. The number of aromatic nitrogens is 2. The molecule has 0 aliphatic carbocycles. The molecule has 1 fully saturated rings. The van der Waals surface area contributed by atoms with Crippen LogP contribution in [-0.4, -0.2) is 28.3 Å². The Morgan fingerprint density at radius 3 is 3.12 bits per heavy atom. The van der Waals surface area contributed by atoms with Gasteiger partial charge in [-0.15, -0.1) is 0 Å². The Kier molecular flexibility index (Phi) is 3.94. The molecule has 4 nitrogen and oxygen atoms in total. The van der Waals surface area contributed by atoms with Gasteiger partial charge in [0.25, 0.3) is 0 Å². The van der Waals surface area contributed by atoms with Crippen molar-refractivity contribution in [3.8, 4) is 0 Å². The van der Waals surface area contributed by atoms with Gasteiger partial charge in [-0.2, -0.15) is 5.10 Å². The van der Waals surface area contributed by atoms with E-state index in [-0.39, 0.29) is 17.8 Å². The van der Waals surface area contributed by atoms with E-state index < -0.39 is 0 Å². The molecule has 94 valence electrons. The lowest BCUT2D eigenvalue weighted by molar-refractivity contribution is 0.0689. The lowest BCUT2D eigenvalue weighted by atomic mass is 9.92. The second kappa shape index (κ2) is 5.45. The van der Waals surface area contributed by atoms with Gasteiger partial charge >= 0.3 is 0 Å². The van der Waals surface area contributed by atoms with Crippen molar-refractivity contribution in [2.24, 2.45) is 5.92 Å². The zero-order valence-electron chi connectivity index (χ0n) is 10.6. The average Bonchev–Trinajstić information content (AvgIpc) is 2.96. The second-order valence-corrected chi connectivity index (χ2v) is 4.57. The smallest absolute Gasteiger partial charge is 0.171 e. The molecule has 1 aliphatic rings. The van der Waals surface area contributed by atoms with Crippen LogP contribution in [0.1, 0.15) is 43.5 Å². The number of nitrogens with zero attached hydrogens (tertiary/aromatic N) is 2. The zero-order valence-corrected chi connectivity index (χ0v) is 10.6. The number of hydrogen-bond acceptors (Lipinski definition) is 3. The van der Waals surface area contributed by atoms with Crippen LogP contribution in [0, 0.1) is 5.92 Å². The molecular formula is C13H20N2O2. The van der Waals surface area contributed by atoms with E-state index in [1.165, 1.54) is 0 Å². The van der Waals surface area contributed by atoms with Crippen LogP contribution in [0.3, 0.4) is 0 Å². The number of ether oxygens (including phenoxy) is 1. The lowest BCUT2D eigenvalue weighted by Gasteiger charge is -2.14. The predicted molar refractivity (Wildman–Crippen MR) is 65.0 cm³/mol. The molecule has 2 heterocycles. The van der Waals surface area contributed by atoms with Crippen molar-refractivity contribution in [3.05, 3.63) is 18.0 Å². The molecule has 4 heteroatoms. The van der Waals surface area contributed by atoms with E-state index in [0.717, 1.165) is 31.4 Å². The molecule has 0 amide bonds. The molecular weight excluding hydrogens is 216 g/mol. The summed E-state index contributed by atoms with van der Waals surface area (Å²) in [6.07, 6.45) is 6.41. The standard InChI is InChI=1S/C13H20N2O2/c1-3-6-15-9-10(8-14-15)13(16)11-5-7-17-12(11)4-2/h8-9,11-12H,3-7H2,1-2H3. The van der Waals surface area contributed by atoms with Gasteiger partial charge in [0.05, 0.1) is 23.8 Å². The van der Waals surface area contributed by atoms with Crippen molar-refractivity contribution in [3.63, 3.8) is 0 Å². The lowest BCUT2D eigenvalue weighted by Crippen LogP contribution is -2.23. The fourth-order valence-electron chi connectivity index (χ4n) is 2.41. The molecule has 1 aromatic heterocycles. The molecule has 0 N–H and O–H groups in total. The van der Waals surface area contributed by atoms with Crippen molar-refractivity contribution < 1.29 is 9.53 Å². The number of carbonyl (C=O) groups is 1. The Morgan fingerprint density at radius 2 is 2.41 bits per heavy atom. The quantitative estimate of drug-likeness (QED) is 0.737. The summed E-state index contributed by atoms with van der Waals surface area (Å²) in [6.45, 7) is 5.74. The maximum absolute atomic E-state index is 12.3. The van der Waals surface area contributed by atoms with Gasteiger partial charge in [0.2, 0.25) is 0 Å². The minimum absolute atomic E-state index is 0.0271. The Morgan fingerprint density at radius 1 is 1.59 bits per heavy atom. The molecule has 2 unspecified atom stereocenters. The van der Waals surface area contributed by atoms with Gasteiger partial charge in [-0.25, -0.2) is 0 Å². The Labute approximate surface area is 102 Å². The van der Waals surface area contributed by atoms with Gasteiger partial charge in [0, 0.05) is 19.3 Å². The van der Waals surface area contributed by atoms with E-state index >= 15 is 0 Å². The first-order valence-electron chi connectivity index (χ1n) is 6.44. The minimum atomic E-state index is 0.0271. The fourth-order valence-corrected chi connectivity index (χ4v) is 2.41. The predicted octanol–water partition coefficient (Wildman–Crippen LogP) is 2.29. The van der Waals surface area contributed by atoms with E-state index in [1.54, 1.807) is 6.20 Å². The highest BCUT2D eigenvalue weighted by Gasteiger charge is 2.33. The third kappa shape index (κ3) is 2.57. The number of carbonyl (C=O) groups excluding carboxylic acids is 1. The van der Waals surface area contributed by atoms with E-state index in [1.807, 2.05) is 10.9 Å². The summed E-state index contributed by atoms with van der Waals surface area (Å²) in [6, 6.07) is 0. The zero-order chi connectivity index (χ0) is 12.3. The van der Waals surface area contributed by atoms with Gasteiger partial charge in [-0.3, -0.25) is 9.48 Å². The van der Waals surface area contributed by atoms with Crippen LogP contribution >= 0.6 is 0 Å². The molecule has 0 bridgehead atoms. The molecule has 2 rings (SSSR count). The van der Waals surface area contributed by atoms with Crippen LogP contribution in [0.25, 0.3) is 0 Å². The molecule has 2 atom stereocenters. The summed E-state index contributed by atoms with van der Waals surface area (Å²) in [4.78, 5) is 12.3. The van der Waals surface area contributed by atoms with Crippen LogP contribution in [0.2, 0.25) is 0 Å². The topological polar surface area (TPSA) is 44.1 Å². The largest absolute Gasteiger partial charge is 0.377 e. The van der Waals surface area contributed by atoms with E-state index in [0.29, 0.717) is 6.61 Å². The van der Waals surface area contributed by atoms with Crippen LogP contribution in [-0.2, 0) is 11.3 Å². The molecule has 0 spiro atoms. The first kappa shape index (κ1) is 12.3. The average molecular weight is 236 g/mol.